The number of aryl methyl sites for hydroxylation is 1. The quantitative estimate of drug-likeness (QED) is 0.597. The van der Waals surface area contributed by atoms with E-state index in [1.165, 1.54) is 0 Å². The molecule has 1 aliphatic rings. The van der Waals surface area contributed by atoms with Gasteiger partial charge in [0.2, 0.25) is 0 Å². The second kappa shape index (κ2) is 6.97. The summed E-state index contributed by atoms with van der Waals surface area (Å²) in [6.07, 6.45) is 3.67. The minimum Gasteiger partial charge on any atom is -0.462 e. The zero-order valence-corrected chi connectivity index (χ0v) is 14.9. The molecule has 0 bridgehead atoms. The predicted molar refractivity (Wildman–Crippen MR) is 89.4 cm³/mol. The standard InChI is InChI=1S/C16H20BrN3O3/c1-3-11-14-10(16(21)22-4-2)9-12(17)18-15(14)20(19-11)13-7-5-6-8-23-13/h9,13H,3-8H2,1-2H3. The Kier molecular flexibility index (Phi) is 4.96. The van der Waals surface area contributed by atoms with Crippen molar-refractivity contribution in [2.45, 2.75) is 45.8 Å². The van der Waals surface area contributed by atoms with Crippen LogP contribution in [0.2, 0.25) is 0 Å². The number of hydrogen-bond donors (Lipinski definition) is 0. The molecule has 7 heteroatoms. The van der Waals surface area contributed by atoms with E-state index in [2.05, 4.69) is 26.0 Å². The van der Waals surface area contributed by atoms with E-state index in [0.29, 0.717) is 28.8 Å². The van der Waals surface area contributed by atoms with Crippen LogP contribution in [-0.2, 0) is 15.9 Å². The zero-order chi connectivity index (χ0) is 16.4. The Morgan fingerprint density at radius 2 is 2.30 bits per heavy atom. The SMILES string of the molecule is CCOC(=O)c1cc(Br)nc2c1c(CC)nn2C1CCCCO1. The Hall–Kier alpha value is -1.47. The topological polar surface area (TPSA) is 66.2 Å². The van der Waals surface area contributed by atoms with Crippen molar-refractivity contribution in [2.75, 3.05) is 13.2 Å². The van der Waals surface area contributed by atoms with E-state index in [4.69, 9.17) is 9.47 Å². The first kappa shape index (κ1) is 16.4. The van der Waals surface area contributed by atoms with Gasteiger partial charge in [0.05, 0.1) is 23.3 Å². The summed E-state index contributed by atoms with van der Waals surface area (Å²) in [7, 11) is 0. The van der Waals surface area contributed by atoms with Crippen LogP contribution in [0.1, 0.15) is 55.4 Å². The summed E-state index contributed by atoms with van der Waals surface area (Å²) in [5.74, 6) is -0.348. The fraction of sp³-hybridized carbons (Fsp3) is 0.562. The van der Waals surface area contributed by atoms with Crippen LogP contribution in [0.3, 0.4) is 0 Å². The van der Waals surface area contributed by atoms with Crippen LogP contribution in [0.15, 0.2) is 10.7 Å². The summed E-state index contributed by atoms with van der Waals surface area (Å²) >= 11 is 3.39. The lowest BCUT2D eigenvalue weighted by molar-refractivity contribution is -0.0372. The summed E-state index contributed by atoms with van der Waals surface area (Å²) in [5, 5.41) is 5.44. The van der Waals surface area contributed by atoms with Gasteiger partial charge in [-0.1, -0.05) is 6.92 Å². The van der Waals surface area contributed by atoms with Crippen molar-refractivity contribution in [3.8, 4) is 0 Å². The van der Waals surface area contributed by atoms with Gasteiger partial charge < -0.3 is 9.47 Å². The highest BCUT2D eigenvalue weighted by atomic mass is 79.9. The molecule has 3 rings (SSSR count). The number of hydrogen-bond acceptors (Lipinski definition) is 5. The Morgan fingerprint density at radius 3 is 2.96 bits per heavy atom. The third-order valence-electron chi connectivity index (χ3n) is 3.96. The summed E-state index contributed by atoms with van der Waals surface area (Å²) in [6, 6.07) is 1.70. The highest BCUT2D eigenvalue weighted by molar-refractivity contribution is 9.10. The van der Waals surface area contributed by atoms with Gasteiger partial charge in [-0.15, -0.1) is 0 Å². The normalized spacial score (nSPS) is 18.3. The molecule has 6 nitrogen and oxygen atoms in total. The maximum absolute atomic E-state index is 12.3. The van der Waals surface area contributed by atoms with E-state index in [-0.39, 0.29) is 12.2 Å². The number of ether oxygens (including phenoxy) is 2. The molecule has 0 spiro atoms. The molecule has 0 amide bonds. The minimum absolute atomic E-state index is 0.122. The van der Waals surface area contributed by atoms with Crippen LogP contribution in [0.4, 0.5) is 0 Å². The Balaban J connectivity index is 2.18. The molecule has 0 aliphatic carbocycles. The van der Waals surface area contributed by atoms with Crippen LogP contribution in [0, 0.1) is 0 Å². The molecule has 1 atom stereocenters. The molecule has 0 radical (unpaired) electrons. The fourth-order valence-electron chi connectivity index (χ4n) is 2.91. The van der Waals surface area contributed by atoms with E-state index < -0.39 is 0 Å². The van der Waals surface area contributed by atoms with Gasteiger partial charge in [-0.2, -0.15) is 5.10 Å². The summed E-state index contributed by atoms with van der Waals surface area (Å²) in [6.45, 7) is 4.88. The smallest absolute Gasteiger partial charge is 0.339 e. The third kappa shape index (κ3) is 3.12. The molecule has 0 aromatic carbocycles. The Morgan fingerprint density at radius 1 is 1.48 bits per heavy atom. The Bertz CT molecular complexity index is 723. The molecule has 23 heavy (non-hydrogen) atoms. The number of aromatic nitrogens is 3. The number of carbonyl (C=O) groups excluding carboxylic acids is 1. The summed E-state index contributed by atoms with van der Waals surface area (Å²) in [5.41, 5.74) is 2.02. The second-order valence-electron chi connectivity index (χ2n) is 5.48. The van der Waals surface area contributed by atoms with E-state index in [1.807, 2.05) is 11.6 Å². The molecule has 3 heterocycles. The van der Waals surface area contributed by atoms with Crippen molar-refractivity contribution in [3.63, 3.8) is 0 Å². The minimum atomic E-state index is -0.348. The molecular formula is C16H20BrN3O3. The van der Waals surface area contributed by atoms with Crippen molar-refractivity contribution >= 4 is 32.9 Å². The molecule has 1 saturated heterocycles. The van der Waals surface area contributed by atoms with Gasteiger partial charge in [-0.05, 0) is 54.6 Å². The number of rotatable bonds is 4. The first-order valence-electron chi connectivity index (χ1n) is 8.02. The number of nitrogens with zero attached hydrogens (tertiary/aromatic N) is 3. The third-order valence-corrected chi connectivity index (χ3v) is 4.37. The zero-order valence-electron chi connectivity index (χ0n) is 13.3. The van der Waals surface area contributed by atoms with Gasteiger partial charge in [0.1, 0.15) is 4.60 Å². The van der Waals surface area contributed by atoms with Crippen LogP contribution >= 0.6 is 15.9 Å². The first-order valence-corrected chi connectivity index (χ1v) is 8.81. The van der Waals surface area contributed by atoms with Crippen molar-refractivity contribution in [1.82, 2.24) is 14.8 Å². The molecule has 2 aromatic heterocycles. The van der Waals surface area contributed by atoms with Gasteiger partial charge in [0.15, 0.2) is 11.9 Å². The van der Waals surface area contributed by atoms with Gasteiger partial charge in [-0.3, -0.25) is 0 Å². The number of fused-ring (bicyclic) bond motifs is 1. The maximum atomic E-state index is 12.3. The molecular weight excluding hydrogens is 362 g/mol. The van der Waals surface area contributed by atoms with E-state index in [1.54, 1.807) is 13.0 Å². The van der Waals surface area contributed by atoms with E-state index in [0.717, 1.165) is 36.9 Å². The number of carbonyl (C=O) groups is 1. The van der Waals surface area contributed by atoms with Crippen molar-refractivity contribution < 1.29 is 14.3 Å². The highest BCUT2D eigenvalue weighted by Crippen LogP contribution is 2.31. The molecule has 0 N–H and O–H groups in total. The summed E-state index contributed by atoms with van der Waals surface area (Å²) < 4.78 is 13.4. The van der Waals surface area contributed by atoms with Crippen molar-refractivity contribution in [2.24, 2.45) is 0 Å². The number of esters is 1. The first-order chi connectivity index (χ1) is 11.2. The van der Waals surface area contributed by atoms with Crippen LogP contribution in [0.25, 0.3) is 11.0 Å². The molecule has 124 valence electrons. The van der Waals surface area contributed by atoms with E-state index in [9.17, 15) is 4.79 Å². The van der Waals surface area contributed by atoms with Gasteiger partial charge in [0, 0.05) is 6.61 Å². The monoisotopic (exact) mass is 381 g/mol. The maximum Gasteiger partial charge on any atom is 0.339 e. The van der Waals surface area contributed by atoms with Gasteiger partial charge >= 0.3 is 5.97 Å². The molecule has 2 aromatic rings. The predicted octanol–water partition coefficient (Wildman–Crippen LogP) is 3.63. The second-order valence-corrected chi connectivity index (χ2v) is 6.29. The summed E-state index contributed by atoms with van der Waals surface area (Å²) in [4.78, 5) is 16.9. The van der Waals surface area contributed by atoms with Crippen LogP contribution in [0.5, 0.6) is 0 Å². The molecule has 0 saturated carbocycles. The number of halogens is 1. The average Bonchev–Trinajstić information content (AvgIpc) is 2.93. The lowest BCUT2D eigenvalue weighted by Gasteiger charge is -2.23. The van der Waals surface area contributed by atoms with E-state index >= 15 is 0 Å². The van der Waals surface area contributed by atoms with Crippen molar-refractivity contribution in [1.29, 1.82) is 0 Å². The van der Waals surface area contributed by atoms with Crippen LogP contribution < -0.4 is 0 Å². The van der Waals surface area contributed by atoms with Gasteiger partial charge in [0.25, 0.3) is 0 Å². The molecule has 1 fully saturated rings. The average molecular weight is 382 g/mol. The largest absolute Gasteiger partial charge is 0.462 e. The molecule has 1 aliphatic heterocycles. The molecule has 1 unspecified atom stereocenters. The Labute approximate surface area is 143 Å². The lowest BCUT2D eigenvalue weighted by atomic mass is 10.1. The van der Waals surface area contributed by atoms with Gasteiger partial charge in [-0.25, -0.2) is 14.5 Å². The van der Waals surface area contributed by atoms with Crippen molar-refractivity contribution in [3.05, 3.63) is 21.9 Å². The highest BCUT2D eigenvalue weighted by Gasteiger charge is 2.25. The number of pyridine rings is 1. The van der Waals surface area contributed by atoms with Crippen LogP contribution in [-0.4, -0.2) is 33.9 Å². The fourth-order valence-corrected chi connectivity index (χ4v) is 3.31. The lowest BCUT2D eigenvalue weighted by Crippen LogP contribution is -2.19.